The number of pyridine rings is 1. The van der Waals surface area contributed by atoms with E-state index in [9.17, 15) is 4.79 Å². The zero-order chi connectivity index (χ0) is 12.3. The molecule has 0 unspecified atom stereocenters. The normalized spacial score (nSPS) is 16.8. The fourth-order valence-corrected chi connectivity index (χ4v) is 2.45. The van der Waals surface area contributed by atoms with E-state index in [1.165, 1.54) is 18.6 Å². The van der Waals surface area contributed by atoms with Crippen molar-refractivity contribution >= 4 is 29.2 Å². The summed E-state index contributed by atoms with van der Waals surface area (Å²) >= 11 is 11.5. The molecule has 0 aromatic carbocycles. The van der Waals surface area contributed by atoms with E-state index >= 15 is 0 Å². The highest BCUT2D eigenvalue weighted by Gasteiger charge is 2.19. The molecular weight excluding hydrogens is 261 g/mol. The number of hydrogen-bond donors (Lipinski definition) is 0. The standard InChI is InChI=1S/C12H13Cl2NO2/c13-10-6-8(7-11(14)15-10)12(16)17-9-4-2-1-3-5-9/h6-7,9H,1-5H2. The van der Waals surface area contributed by atoms with Gasteiger partial charge >= 0.3 is 5.97 Å². The van der Waals surface area contributed by atoms with E-state index < -0.39 is 0 Å². The smallest absolute Gasteiger partial charge is 0.338 e. The lowest BCUT2D eigenvalue weighted by atomic mass is 9.98. The molecule has 0 N–H and O–H groups in total. The first-order chi connectivity index (χ1) is 8.15. The number of rotatable bonds is 2. The zero-order valence-corrected chi connectivity index (χ0v) is 10.8. The molecule has 1 saturated carbocycles. The van der Waals surface area contributed by atoms with Crippen molar-refractivity contribution in [2.75, 3.05) is 0 Å². The molecule has 1 aliphatic carbocycles. The van der Waals surface area contributed by atoms with Crippen LogP contribution in [0.25, 0.3) is 0 Å². The Morgan fingerprint density at radius 2 is 1.76 bits per heavy atom. The minimum atomic E-state index is -0.372. The molecule has 1 aromatic rings. The van der Waals surface area contributed by atoms with Gasteiger partial charge in [0.2, 0.25) is 0 Å². The van der Waals surface area contributed by atoms with Crippen LogP contribution in [0.4, 0.5) is 0 Å². The summed E-state index contributed by atoms with van der Waals surface area (Å²) in [6, 6.07) is 2.94. The van der Waals surface area contributed by atoms with Crippen molar-refractivity contribution in [2.45, 2.75) is 38.2 Å². The monoisotopic (exact) mass is 273 g/mol. The summed E-state index contributed by atoms with van der Waals surface area (Å²) in [7, 11) is 0. The van der Waals surface area contributed by atoms with Crippen LogP contribution in [0.15, 0.2) is 12.1 Å². The molecule has 0 saturated heterocycles. The van der Waals surface area contributed by atoms with Crippen LogP contribution in [-0.4, -0.2) is 17.1 Å². The first kappa shape index (κ1) is 12.7. The summed E-state index contributed by atoms with van der Waals surface area (Å²) in [5.74, 6) is -0.372. The average molecular weight is 274 g/mol. The van der Waals surface area contributed by atoms with Crippen LogP contribution in [0.5, 0.6) is 0 Å². The van der Waals surface area contributed by atoms with Gasteiger partial charge < -0.3 is 4.74 Å². The summed E-state index contributed by atoms with van der Waals surface area (Å²) in [5.41, 5.74) is 0.362. The van der Waals surface area contributed by atoms with Gasteiger partial charge in [0.05, 0.1) is 5.56 Å². The van der Waals surface area contributed by atoms with Gasteiger partial charge in [-0.3, -0.25) is 0 Å². The number of aromatic nitrogens is 1. The van der Waals surface area contributed by atoms with Crippen LogP contribution < -0.4 is 0 Å². The van der Waals surface area contributed by atoms with Crippen molar-refractivity contribution in [3.8, 4) is 0 Å². The molecule has 0 atom stereocenters. The van der Waals surface area contributed by atoms with Gasteiger partial charge in [0.1, 0.15) is 16.4 Å². The molecule has 1 heterocycles. The summed E-state index contributed by atoms with van der Waals surface area (Å²) < 4.78 is 5.40. The van der Waals surface area contributed by atoms with Gasteiger partial charge in [-0.1, -0.05) is 29.6 Å². The van der Waals surface area contributed by atoms with Gasteiger partial charge in [-0.15, -0.1) is 0 Å². The molecule has 3 nitrogen and oxygen atoms in total. The van der Waals surface area contributed by atoms with Gasteiger partial charge in [-0.25, -0.2) is 9.78 Å². The van der Waals surface area contributed by atoms with Crippen molar-refractivity contribution in [1.82, 2.24) is 4.98 Å². The maximum atomic E-state index is 11.9. The molecule has 0 aliphatic heterocycles. The van der Waals surface area contributed by atoms with Crippen LogP contribution in [0, 0.1) is 0 Å². The molecular formula is C12H13Cl2NO2. The van der Waals surface area contributed by atoms with Gasteiger partial charge in [0.25, 0.3) is 0 Å². The maximum absolute atomic E-state index is 11.9. The molecule has 0 bridgehead atoms. The quantitative estimate of drug-likeness (QED) is 0.607. The summed E-state index contributed by atoms with van der Waals surface area (Å²) in [4.78, 5) is 15.6. The second-order valence-electron chi connectivity index (χ2n) is 4.17. The highest BCUT2D eigenvalue weighted by Crippen LogP contribution is 2.22. The van der Waals surface area contributed by atoms with Gasteiger partial charge in [-0.05, 0) is 37.8 Å². The van der Waals surface area contributed by atoms with Crippen molar-refractivity contribution < 1.29 is 9.53 Å². The van der Waals surface area contributed by atoms with Crippen LogP contribution in [-0.2, 0) is 4.74 Å². The molecule has 1 fully saturated rings. The minimum absolute atomic E-state index is 0.0296. The molecule has 17 heavy (non-hydrogen) atoms. The molecule has 2 rings (SSSR count). The lowest BCUT2D eigenvalue weighted by Crippen LogP contribution is -2.21. The zero-order valence-electron chi connectivity index (χ0n) is 9.29. The minimum Gasteiger partial charge on any atom is -0.459 e. The molecule has 0 amide bonds. The number of esters is 1. The Balaban J connectivity index is 2.03. The molecule has 1 aliphatic rings. The summed E-state index contributed by atoms with van der Waals surface area (Å²) in [6.07, 6.45) is 5.38. The largest absolute Gasteiger partial charge is 0.459 e. The number of carbonyl (C=O) groups is 1. The van der Waals surface area contributed by atoms with Gasteiger partial charge in [-0.2, -0.15) is 0 Å². The van der Waals surface area contributed by atoms with E-state index in [-0.39, 0.29) is 22.4 Å². The SMILES string of the molecule is O=C(OC1CCCCC1)c1cc(Cl)nc(Cl)c1. The summed E-state index contributed by atoms with van der Waals surface area (Å²) in [5, 5.41) is 0.404. The Morgan fingerprint density at radius 3 is 2.35 bits per heavy atom. The Morgan fingerprint density at radius 1 is 1.18 bits per heavy atom. The van der Waals surface area contributed by atoms with Crippen LogP contribution in [0.3, 0.4) is 0 Å². The Hall–Kier alpha value is -0.800. The van der Waals surface area contributed by atoms with E-state index in [1.807, 2.05) is 0 Å². The van der Waals surface area contributed by atoms with Gasteiger partial charge in [0.15, 0.2) is 0 Å². The van der Waals surface area contributed by atoms with Crippen molar-refractivity contribution in [3.63, 3.8) is 0 Å². The van der Waals surface area contributed by atoms with E-state index in [2.05, 4.69) is 4.98 Å². The fourth-order valence-electron chi connectivity index (χ4n) is 1.99. The number of carbonyl (C=O) groups excluding carboxylic acids is 1. The lowest BCUT2D eigenvalue weighted by Gasteiger charge is -2.21. The lowest BCUT2D eigenvalue weighted by molar-refractivity contribution is 0.0211. The van der Waals surface area contributed by atoms with Crippen molar-refractivity contribution in [1.29, 1.82) is 0 Å². The molecule has 1 aromatic heterocycles. The number of nitrogens with zero attached hydrogens (tertiary/aromatic N) is 1. The molecule has 0 radical (unpaired) electrons. The van der Waals surface area contributed by atoms with E-state index in [4.69, 9.17) is 27.9 Å². The Kier molecular flexibility index (Phi) is 4.24. The molecule has 0 spiro atoms. The first-order valence-corrected chi connectivity index (χ1v) is 6.45. The third-order valence-electron chi connectivity index (χ3n) is 2.82. The average Bonchev–Trinajstić information content (AvgIpc) is 2.29. The predicted molar refractivity (Wildman–Crippen MR) is 66.5 cm³/mol. The number of ether oxygens (including phenoxy) is 1. The topological polar surface area (TPSA) is 39.2 Å². The first-order valence-electron chi connectivity index (χ1n) is 5.69. The van der Waals surface area contributed by atoms with E-state index in [1.54, 1.807) is 0 Å². The van der Waals surface area contributed by atoms with E-state index in [0.29, 0.717) is 5.56 Å². The summed E-state index contributed by atoms with van der Waals surface area (Å²) in [6.45, 7) is 0. The highest BCUT2D eigenvalue weighted by molar-refractivity contribution is 6.32. The van der Waals surface area contributed by atoms with Crippen LogP contribution in [0.1, 0.15) is 42.5 Å². The van der Waals surface area contributed by atoms with Crippen molar-refractivity contribution in [3.05, 3.63) is 28.0 Å². The Bertz CT molecular complexity index is 397. The predicted octanol–water partition coefficient (Wildman–Crippen LogP) is 3.88. The van der Waals surface area contributed by atoms with Gasteiger partial charge in [0, 0.05) is 0 Å². The number of halogens is 2. The van der Waals surface area contributed by atoms with E-state index in [0.717, 1.165) is 25.7 Å². The Labute approximate surface area is 110 Å². The second kappa shape index (κ2) is 5.69. The third kappa shape index (κ3) is 3.58. The number of hydrogen-bond acceptors (Lipinski definition) is 3. The van der Waals surface area contributed by atoms with Crippen LogP contribution in [0.2, 0.25) is 10.3 Å². The molecule has 92 valence electrons. The second-order valence-corrected chi connectivity index (χ2v) is 4.94. The maximum Gasteiger partial charge on any atom is 0.338 e. The third-order valence-corrected chi connectivity index (χ3v) is 3.21. The van der Waals surface area contributed by atoms with Crippen molar-refractivity contribution in [2.24, 2.45) is 0 Å². The molecule has 5 heteroatoms. The van der Waals surface area contributed by atoms with Crippen LogP contribution >= 0.6 is 23.2 Å². The fraction of sp³-hybridized carbons (Fsp3) is 0.500. The highest BCUT2D eigenvalue weighted by atomic mass is 35.5.